The SMILES string of the molecule is O=C(/C=C/c1cn(Cc2nc3c(F)cccc3[nH]2)nn1)NO. The van der Waals surface area contributed by atoms with Gasteiger partial charge in [-0.3, -0.25) is 10.0 Å². The fourth-order valence-corrected chi connectivity index (χ4v) is 1.94. The van der Waals surface area contributed by atoms with Gasteiger partial charge in [-0.25, -0.2) is 19.5 Å². The molecule has 0 saturated heterocycles. The predicted molar refractivity (Wildman–Crippen MR) is 74.1 cm³/mol. The average Bonchev–Trinajstić information content (AvgIpc) is 3.12. The number of carbonyl (C=O) groups excluding carboxylic acids is 1. The summed E-state index contributed by atoms with van der Waals surface area (Å²) in [6.45, 7) is 0.279. The Morgan fingerprint density at radius 2 is 2.36 bits per heavy atom. The molecule has 8 nitrogen and oxygen atoms in total. The number of halogens is 1. The minimum Gasteiger partial charge on any atom is -0.340 e. The summed E-state index contributed by atoms with van der Waals surface area (Å²) in [4.78, 5) is 18.0. The Hall–Kier alpha value is -3.07. The molecule has 0 spiro atoms. The average molecular weight is 302 g/mol. The number of carbonyl (C=O) groups is 1. The summed E-state index contributed by atoms with van der Waals surface area (Å²) in [6.07, 6.45) is 4.10. The highest BCUT2D eigenvalue weighted by Crippen LogP contribution is 2.15. The highest BCUT2D eigenvalue weighted by Gasteiger charge is 2.08. The van der Waals surface area contributed by atoms with Crippen LogP contribution in [-0.4, -0.2) is 36.1 Å². The molecule has 2 heterocycles. The number of nitrogens with zero attached hydrogens (tertiary/aromatic N) is 4. The van der Waals surface area contributed by atoms with Crippen LogP contribution < -0.4 is 5.48 Å². The third-order valence-corrected chi connectivity index (χ3v) is 2.90. The van der Waals surface area contributed by atoms with Gasteiger partial charge in [0.2, 0.25) is 0 Å². The van der Waals surface area contributed by atoms with Crippen molar-refractivity contribution in [2.24, 2.45) is 0 Å². The van der Waals surface area contributed by atoms with Crippen LogP contribution in [0.4, 0.5) is 4.39 Å². The van der Waals surface area contributed by atoms with Crippen LogP contribution >= 0.6 is 0 Å². The van der Waals surface area contributed by atoms with Gasteiger partial charge in [-0.1, -0.05) is 11.3 Å². The zero-order valence-electron chi connectivity index (χ0n) is 11.2. The number of hydrogen-bond donors (Lipinski definition) is 3. The second kappa shape index (κ2) is 5.74. The van der Waals surface area contributed by atoms with E-state index < -0.39 is 11.7 Å². The van der Waals surface area contributed by atoms with Gasteiger partial charge in [0.15, 0.2) is 5.82 Å². The summed E-state index contributed by atoms with van der Waals surface area (Å²) in [5.41, 5.74) is 2.79. The summed E-state index contributed by atoms with van der Waals surface area (Å²) < 4.78 is 15.1. The van der Waals surface area contributed by atoms with Gasteiger partial charge in [0.1, 0.15) is 23.6 Å². The number of rotatable bonds is 4. The molecule has 0 fully saturated rings. The monoisotopic (exact) mass is 302 g/mol. The van der Waals surface area contributed by atoms with E-state index in [2.05, 4.69) is 20.3 Å². The Kier molecular flexibility index (Phi) is 3.62. The van der Waals surface area contributed by atoms with Crippen LogP contribution in [0.3, 0.4) is 0 Å². The Morgan fingerprint density at radius 3 is 3.14 bits per heavy atom. The molecule has 0 saturated carbocycles. The van der Waals surface area contributed by atoms with Gasteiger partial charge in [-0.2, -0.15) is 0 Å². The molecule has 0 atom stereocenters. The first-order valence-corrected chi connectivity index (χ1v) is 6.31. The number of H-pyrrole nitrogens is 1. The van der Waals surface area contributed by atoms with Crippen LogP contribution in [0.1, 0.15) is 11.5 Å². The van der Waals surface area contributed by atoms with E-state index in [1.165, 1.54) is 22.3 Å². The number of imidazole rings is 1. The van der Waals surface area contributed by atoms with Gasteiger partial charge in [-0.05, 0) is 18.2 Å². The van der Waals surface area contributed by atoms with Crippen LogP contribution in [0.5, 0.6) is 0 Å². The first-order chi connectivity index (χ1) is 10.7. The highest BCUT2D eigenvalue weighted by molar-refractivity contribution is 5.90. The van der Waals surface area contributed by atoms with E-state index in [-0.39, 0.29) is 12.1 Å². The summed E-state index contributed by atoms with van der Waals surface area (Å²) in [5.74, 6) is -0.520. The maximum atomic E-state index is 13.6. The van der Waals surface area contributed by atoms with E-state index >= 15 is 0 Å². The zero-order valence-corrected chi connectivity index (χ0v) is 11.2. The van der Waals surface area contributed by atoms with E-state index in [0.29, 0.717) is 17.0 Å². The first kappa shape index (κ1) is 13.9. The van der Waals surface area contributed by atoms with Crippen molar-refractivity contribution in [2.45, 2.75) is 6.54 Å². The van der Waals surface area contributed by atoms with E-state index in [0.717, 1.165) is 6.08 Å². The van der Waals surface area contributed by atoms with Crippen LogP contribution in [-0.2, 0) is 11.3 Å². The Labute approximate surface area is 123 Å². The summed E-state index contributed by atoms with van der Waals surface area (Å²) in [7, 11) is 0. The van der Waals surface area contributed by atoms with Crippen molar-refractivity contribution in [3.8, 4) is 0 Å². The first-order valence-electron chi connectivity index (χ1n) is 6.31. The van der Waals surface area contributed by atoms with Crippen molar-refractivity contribution in [1.29, 1.82) is 0 Å². The van der Waals surface area contributed by atoms with E-state index in [1.807, 2.05) is 0 Å². The van der Waals surface area contributed by atoms with Crippen molar-refractivity contribution in [3.05, 3.63) is 47.8 Å². The van der Waals surface area contributed by atoms with Crippen molar-refractivity contribution in [3.63, 3.8) is 0 Å². The van der Waals surface area contributed by atoms with Crippen LogP contribution in [0.25, 0.3) is 17.1 Å². The van der Waals surface area contributed by atoms with Crippen molar-refractivity contribution >= 4 is 23.0 Å². The largest absolute Gasteiger partial charge is 0.340 e. The minimum atomic E-state index is -0.665. The van der Waals surface area contributed by atoms with E-state index in [9.17, 15) is 9.18 Å². The lowest BCUT2D eigenvalue weighted by molar-refractivity contribution is -0.124. The van der Waals surface area contributed by atoms with E-state index in [1.54, 1.807) is 18.3 Å². The molecule has 1 aromatic carbocycles. The molecule has 0 aliphatic carbocycles. The molecule has 2 aromatic heterocycles. The lowest BCUT2D eigenvalue weighted by atomic mass is 10.3. The van der Waals surface area contributed by atoms with Crippen LogP contribution in [0.15, 0.2) is 30.5 Å². The normalized spacial score (nSPS) is 11.4. The lowest BCUT2D eigenvalue weighted by Crippen LogP contribution is -2.14. The highest BCUT2D eigenvalue weighted by atomic mass is 19.1. The number of nitrogens with one attached hydrogen (secondary N) is 2. The molecule has 9 heteroatoms. The number of aromatic nitrogens is 5. The molecule has 112 valence electrons. The van der Waals surface area contributed by atoms with E-state index in [4.69, 9.17) is 5.21 Å². The van der Waals surface area contributed by atoms with Gasteiger partial charge >= 0.3 is 0 Å². The molecule has 3 aromatic rings. The predicted octanol–water partition coefficient (Wildman–Crippen LogP) is 0.860. The summed E-state index contributed by atoms with van der Waals surface area (Å²) >= 11 is 0. The molecular weight excluding hydrogens is 291 g/mol. The maximum Gasteiger partial charge on any atom is 0.267 e. The van der Waals surface area contributed by atoms with Crippen molar-refractivity contribution in [1.82, 2.24) is 30.4 Å². The third-order valence-electron chi connectivity index (χ3n) is 2.90. The quantitative estimate of drug-likeness (QED) is 0.376. The number of para-hydroxylation sites is 1. The third kappa shape index (κ3) is 2.83. The Balaban J connectivity index is 1.78. The molecule has 1 amide bonds. The van der Waals surface area contributed by atoms with Crippen molar-refractivity contribution < 1.29 is 14.4 Å². The standard InChI is InChI=1S/C13H11FN6O2/c14-9-2-1-3-10-13(9)16-11(15-10)7-20-6-8(17-19-20)4-5-12(21)18-22/h1-6,22H,7H2,(H,15,16)(H,18,21)/b5-4+. The number of hydroxylamine groups is 1. The van der Waals surface area contributed by atoms with Crippen LogP contribution in [0.2, 0.25) is 0 Å². The number of amides is 1. The second-order valence-corrected chi connectivity index (χ2v) is 4.47. The minimum absolute atomic E-state index is 0.275. The molecule has 22 heavy (non-hydrogen) atoms. The number of hydrogen-bond acceptors (Lipinski definition) is 5. The van der Waals surface area contributed by atoms with Gasteiger partial charge in [0, 0.05) is 6.08 Å². The fourth-order valence-electron chi connectivity index (χ4n) is 1.94. The smallest absolute Gasteiger partial charge is 0.267 e. The summed E-state index contributed by atoms with van der Waals surface area (Å²) in [6, 6.07) is 4.68. The molecule has 0 aliphatic heterocycles. The van der Waals surface area contributed by atoms with Crippen LogP contribution in [0, 0.1) is 5.82 Å². The second-order valence-electron chi connectivity index (χ2n) is 4.47. The molecule has 0 unspecified atom stereocenters. The zero-order chi connectivity index (χ0) is 15.5. The molecule has 0 bridgehead atoms. The van der Waals surface area contributed by atoms with Gasteiger partial charge in [0.05, 0.1) is 11.7 Å². The van der Waals surface area contributed by atoms with Crippen molar-refractivity contribution in [2.75, 3.05) is 0 Å². The van der Waals surface area contributed by atoms with Gasteiger partial charge < -0.3 is 4.98 Å². The molecule has 0 aliphatic rings. The molecule has 0 radical (unpaired) electrons. The van der Waals surface area contributed by atoms with Gasteiger partial charge in [-0.15, -0.1) is 5.10 Å². The number of aromatic amines is 1. The topological polar surface area (TPSA) is 109 Å². The number of fused-ring (bicyclic) bond motifs is 1. The maximum absolute atomic E-state index is 13.6. The molecule has 3 rings (SSSR count). The Bertz CT molecular complexity index is 853. The fraction of sp³-hybridized carbons (Fsp3) is 0.0769. The molecular formula is C13H11FN6O2. The lowest BCUT2D eigenvalue weighted by Gasteiger charge is -1.94. The Morgan fingerprint density at radius 1 is 1.50 bits per heavy atom. The summed E-state index contributed by atoms with van der Waals surface area (Å²) in [5, 5.41) is 16.1. The number of benzene rings is 1. The van der Waals surface area contributed by atoms with Gasteiger partial charge in [0.25, 0.3) is 5.91 Å². The molecule has 3 N–H and O–H groups in total.